The van der Waals surface area contributed by atoms with Crippen molar-refractivity contribution >= 4 is 19.1 Å². The van der Waals surface area contributed by atoms with Gasteiger partial charge in [0.05, 0.1) is 18.5 Å². The Hall–Kier alpha value is -3.01. The van der Waals surface area contributed by atoms with Gasteiger partial charge < -0.3 is 25.0 Å². The van der Waals surface area contributed by atoms with Crippen LogP contribution in [0.5, 0.6) is 0 Å². The number of amides is 2. The first kappa shape index (κ1) is 29.0. The zero-order valence-electron chi connectivity index (χ0n) is 22.4. The fourth-order valence-electron chi connectivity index (χ4n) is 5.55. The minimum absolute atomic E-state index is 0.113. The number of halogens is 2. The number of hydrogen-bond donors (Lipinski definition) is 3. The van der Waals surface area contributed by atoms with Gasteiger partial charge in [-0.1, -0.05) is 29.8 Å². The fourth-order valence-corrected chi connectivity index (χ4v) is 5.55. The van der Waals surface area contributed by atoms with Crippen LogP contribution in [0.1, 0.15) is 37.8 Å². The maximum Gasteiger partial charge on any atom is 0.475 e. The van der Waals surface area contributed by atoms with E-state index >= 15 is 0 Å². The first-order valence-corrected chi connectivity index (χ1v) is 13.2. The molecular weight excluding hydrogens is 509 g/mol. The summed E-state index contributed by atoms with van der Waals surface area (Å²) in [6, 6.07) is 8.96. The minimum atomic E-state index is -2.80. The predicted octanol–water partition coefficient (Wildman–Crippen LogP) is 2.06. The highest BCUT2D eigenvalue weighted by Gasteiger charge is 2.55. The molecule has 12 heteroatoms. The van der Waals surface area contributed by atoms with Crippen molar-refractivity contribution in [3.63, 3.8) is 0 Å². The number of nitrogens with zero attached hydrogens (tertiary/aromatic N) is 3. The Balaban J connectivity index is 1.37. The van der Waals surface area contributed by atoms with E-state index in [4.69, 9.17) is 4.74 Å². The van der Waals surface area contributed by atoms with Crippen LogP contribution in [0.3, 0.4) is 0 Å². The summed E-state index contributed by atoms with van der Waals surface area (Å²) in [5, 5.41) is 31.8. The average molecular weight is 544 g/mol. The normalized spacial score (nSPS) is 25.0. The second kappa shape index (κ2) is 11.2. The molecule has 4 atom stereocenters. The topological polar surface area (TPSA) is 126 Å². The molecule has 4 rings (SSSR count). The number of nitriles is 1. The summed E-state index contributed by atoms with van der Waals surface area (Å²) in [4.78, 5) is 29.0. The van der Waals surface area contributed by atoms with Gasteiger partial charge in [0.15, 0.2) is 0 Å². The van der Waals surface area contributed by atoms with E-state index in [1.54, 1.807) is 18.7 Å². The van der Waals surface area contributed by atoms with Crippen molar-refractivity contribution in [3.05, 3.63) is 47.0 Å². The standard InChI is InChI=1S/C27H35BF2N4O5/c1-17-4-6-18(7-5-17)10-23(28(37)38)32-25(36)39-15-22-21-11-19(21)14-34(22)24(35)20(13-31)12-26(2,3)33-9-8-27(29,30)16-33/h4-7,12,19,21-23,37-38H,8-11,14-16H2,1-3H3,(H,32,36)/t19-,21-,22-,23-/m0/s1. The lowest BCUT2D eigenvalue weighted by atomic mass is 9.76. The molecule has 39 heavy (non-hydrogen) atoms. The molecule has 0 radical (unpaired) electrons. The van der Waals surface area contributed by atoms with Gasteiger partial charge in [0.25, 0.3) is 11.8 Å². The number of piperidine rings is 1. The predicted molar refractivity (Wildman–Crippen MR) is 139 cm³/mol. The van der Waals surface area contributed by atoms with E-state index < -0.39 is 49.1 Å². The Bertz CT molecular complexity index is 1150. The maximum absolute atomic E-state index is 13.8. The molecule has 210 valence electrons. The maximum atomic E-state index is 13.8. The number of hydrogen-bond acceptors (Lipinski definition) is 7. The van der Waals surface area contributed by atoms with Gasteiger partial charge in [-0.25, -0.2) is 13.6 Å². The number of likely N-dealkylation sites (tertiary alicyclic amines) is 2. The molecule has 2 amide bonds. The van der Waals surface area contributed by atoms with E-state index in [2.05, 4.69) is 5.32 Å². The highest BCUT2D eigenvalue weighted by atomic mass is 19.3. The van der Waals surface area contributed by atoms with Crippen LogP contribution < -0.4 is 5.32 Å². The Morgan fingerprint density at radius 1 is 1.33 bits per heavy atom. The van der Waals surface area contributed by atoms with Crippen molar-refractivity contribution in [3.8, 4) is 6.07 Å². The molecule has 3 N–H and O–H groups in total. The molecule has 0 spiro atoms. The van der Waals surface area contributed by atoms with Gasteiger partial charge in [-0.3, -0.25) is 9.69 Å². The molecule has 2 aliphatic heterocycles. The van der Waals surface area contributed by atoms with E-state index in [1.165, 1.54) is 11.0 Å². The molecule has 0 aromatic heterocycles. The van der Waals surface area contributed by atoms with Gasteiger partial charge in [0.2, 0.25) is 0 Å². The minimum Gasteiger partial charge on any atom is -0.447 e. The summed E-state index contributed by atoms with van der Waals surface area (Å²) in [6.45, 7) is 5.38. The van der Waals surface area contributed by atoms with Crippen molar-refractivity contribution in [1.82, 2.24) is 15.1 Å². The van der Waals surface area contributed by atoms with Gasteiger partial charge in [0, 0.05) is 25.0 Å². The number of aryl methyl sites for hydroxylation is 1. The second-order valence-corrected chi connectivity index (χ2v) is 11.5. The third kappa shape index (κ3) is 6.96. The molecule has 9 nitrogen and oxygen atoms in total. The Morgan fingerprint density at radius 3 is 2.62 bits per heavy atom. The molecule has 3 fully saturated rings. The van der Waals surface area contributed by atoms with Crippen LogP contribution in [0, 0.1) is 30.1 Å². The van der Waals surface area contributed by atoms with Crippen LogP contribution in [0.4, 0.5) is 13.6 Å². The molecule has 1 aromatic carbocycles. The van der Waals surface area contributed by atoms with Crippen molar-refractivity contribution in [2.75, 3.05) is 26.2 Å². The summed E-state index contributed by atoms with van der Waals surface area (Å²) in [6.07, 6.45) is 1.40. The van der Waals surface area contributed by atoms with E-state index in [9.17, 15) is 33.7 Å². The van der Waals surface area contributed by atoms with Crippen molar-refractivity contribution < 1.29 is 33.2 Å². The van der Waals surface area contributed by atoms with Crippen LogP contribution in [0.2, 0.25) is 0 Å². The lowest BCUT2D eigenvalue weighted by molar-refractivity contribution is -0.129. The molecule has 2 heterocycles. The first-order valence-electron chi connectivity index (χ1n) is 13.2. The Labute approximate surface area is 227 Å². The first-order chi connectivity index (χ1) is 18.3. The highest BCUT2D eigenvalue weighted by Crippen LogP contribution is 2.50. The van der Waals surface area contributed by atoms with Crippen LogP contribution in [-0.2, 0) is 16.0 Å². The summed E-state index contributed by atoms with van der Waals surface area (Å²) in [5.41, 5.74) is 0.806. The smallest absolute Gasteiger partial charge is 0.447 e. The molecule has 3 aliphatic rings. The summed E-state index contributed by atoms with van der Waals surface area (Å²) >= 11 is 0. The molecule has 1 saturated carbocycles. The quantitative estimate of drug-likeness (QED) is 0.247. The second-order valence-electron chi connectivity index (χ2n) is 11.5. The lowest BCUT2D eigenvalue weighted by Crippen LogP contribution is -2.49. The number of rotatable bonds is 9. The van der Waals surface area contributed by atoms with Crippen molar-refractivity contribution in [1.29, 1.82) is 5.26 Å². The zero-order valence-corrected chi connectivity index (χ0v) is 22.4. The number of alkyl carbamates (subject to hydrolysis) is 1. The summed E-state index contributed by atoms with van der Waals surface area (Å²) < 4.78 is 32.9. The van der Waals surface area contributed by atoms with Crippen molar-refractivity contribution in [2.45, 2.75) is 63.5 Å². The van der Waals surface area contributed by atoms with E-state index in [0.717, 1.165) is 17.5 Å². The van der Waals surface area contributed by atoms with Gasteiger partial charge in [-0.15, -0.1) is 0 Å². The van der Waals surface area contributed by atoms with E-state index in [0.29, 0.717) is 6.54 Å². The van der Waals surface area contributed by atoms with Crippen LogP contribution in [0.15, 0.2) is 35.9 Å². The van der Waals surface area contributed by atoms with Gasteiger partial charge >= 0.3 is 13.2 Å². The van der Waals surface area contributed by atoms with Crippen LogP contribution in [0.25, 0.3) is 0 Å². The number of alkyl halides is 2. The van der Waals surface area contributed by atoms with Crippen LogP contribution in [-0.4, -0.2) is 88.7 Å². The average Bonchev–Trinajstić information content (AvgIpc) is 3.39. The number of nitrogens with one attached hydrogen (secondary N) is 1. The van der Waals surface area contributed by atoms with Gasteiger partial charge in [0.1, 0.15) is 18.2 Å². The lowest BCUT2D eigenvalue weighted by Gasteiger charge is -2.33. The third-order valence-corrected chi connectivity index (χ3v) is 8.02. The van der Waals surface area contributed by atoms with Gasteiger partial charge in [-0.05, 0) is 57.1 Å². The van der Waals surface area contributed by atoms with E-state index in [1.807, 2.05) is 37.3 Å². The molecule has 0 unspecified atom stereocenters. The number of ether oxygens (including phenoxy) is 1. The molecule has 0 bridgehead atoms. The summed E-state index contributed by atoms with van der Waals surface area (Å²) in [5.74, 6) is -3.92. The molecule has 1 aromatic rings. The number of carbonyl (C=O) groups excluding carboxylic acids is 2. The Kier molecular flexibility index (Phi) is 8.35. The number of carbonyl (C=O) groups is 2. The SMILES string of the molecule is Cc1ccc(C[C@H](NC(=O)OC[C@H]2[C@H]3C[C@H]3CN2C(=O)C(C#N)=CC(C)(C)N2CCC(F)(F)C2)B(O)O)cc1. The van der Waals surface area contributed by atoms with Crippen molar-refractivity contribution in [2.24, 2.45) is 11.8 Å². The molecule has 1 aliphatic carbocycles. The monoisotopic (exact) mass is 544 g/mol. The third-order valence-electron chi connectivity index (χ3n) is 8.02. The van der Waals surface area contributed by atoms with Gasteiger partial charge in [-0.2, -0.15) is 5.26 Å². The molecule has 2 saturated heterocycles. The summed E-state index contributed by atoms with van der Waals surface area (Å²) in [7, 11) is -1.81. The fraction of sp³-hybridized carbons (Fsp3) is 0.593. The largest absolute Gasteiger partial charge is 0.475 e. The van der Waals surface area contributed by atoms with E-state index in [-0.39, 0.29) is 43.4 Å². The Morgan fingerprint density at radius 2 is 2.03 bits per heavy atom. The highest BCUT2D eigenvalue weighted by molar-refractivity contribution is 6.43. The number of fused-ring (bicyclic) bond motifs is 1. The zero-order chi connectivity index (χ0) is 28.5. The molecular formula is C27H35BF2N4O5. The number of benzene rings is 1. The van der Waals surface area contributed by atoms with Crippen LogP contribution >= 0.6 is 0 Å².